The molecule has 1 unspecified atom stereocenters. The Bertz CT molecular complexity index is 720. The molecule has 0 radical (unpaired) electrons. The second-order valence-corrected chi connectivity index (χ2v) is 6.68. The number of ketones is 1. The van der Waals surface area contributed by atoms with Crippen molar-refractivity contribution in [2.75, 3.05) is 0 Å². The van der Waals surface area contributed by atoms with E-state index in [0.29, 0.717) is 11.3 Å². The minimum absolute atomic E-state index is 0.00903. The second kappa shape index (κ2) is 7.42. The third-order valence-electron chi connectivity index (χ3n) is 3.95. The molecule has 1 aliphatic heterocycles. The number of hydrogen-bond acceptors (Lipinski definition) is 3. The summed E-state index contributed by atoms with van der Waals surface area (Å²) < 4.78 is 0. The van der Waals surface area contributed by atoms with Crippen molar-refractivity contribution in [3.63, 3.8) is 0 Å². The number of Topliss-reactive ketones (excluding diaryl/α,β-unsaturated/α-hetero) is 1. The molecule has 1 heterocycles. The highest BCUT2D eigenvalue weighted by Gasteiger charge is 2.37. The van der Waals surface area contributed by atoms with Crippen molar-refractivity contribution < 1.29 is 9.59 Å². The van der Waals surface area contributed by atoms with Gasteiger partial charge in [0.2, 0.25) is 5.12 Å². The normalized spacial score (nSPS) is 19.5. The summed E-state index contributed by atoms with van der Waals surface area (Å²) in [6.07, 6.45) is 4.21. The van der Waals surface area contributed by atoms with E-state index in [-0.39, 0.29) is 10.9 Å². The molecule has 2 nitrogen and oxygen atoms in total. The lowest BCUT2D eigenvalue weighted by Gasteiger charge is -2.05. The first-order valence-corrected chi connectivity index (χ1v) is 8.62. The van der Waals surface area contributed by atoms with Crippen molar-refractivity contribution in [3.05, 3.63) is 76.7 Å². The molecule has 3 heteroatoms. The van der Waals surface area contributed by atoms with Gasteiger partial charge in [-0.05, 0) is 48.2 Å². The zero-order valence-corrected chi connectivity index (χ0v) is 13.6. The summed E-state index contributed by atoms with van der Waals surface area (Å²) in [5, 5.41) is -0.00903. The van der Waals surface area contributed by atoms with Crippen LogP contribution >= 0.6 is 11.8 Å². The average Bonchev–Trinajstić information content (AvgIpc) is 2.84. The quantitative estimate of drug-likeness (QED) is 0.600. The van der Waals surface area contributed by atoms with E-state index < -0.39 is 5.92 Å². The van der Waals surface area contributed by atoms with E-state index in [1.165, 1.54) is 5.56 Å². The van der Waals surface area contributed by atoms with Crippen LogP contribution in [0.5, 0.6) is 0 Å². The van der Waals surface area contributed by atoms with Crippen LogP contribution in [0.1, 0.15) is 24.0 Å². The third-order valence-corrected chi connectivity index (χ3v) is 4.98. The Morgan fingerprint density at radius 2 is 1.57 bits per heavy atom. The summed E-state index contributed by atoms with van der Waals surface area (Å²) in [4.78, 5) is 25.2. The lowest BCUT2D eigenvalue weighted by Crippen LogP contribution is -2.14. The summed E-state index contributed by atoms with van der Waals surface area (Å²) in [7, 11) is 0. The molecule has 0 spiro atoms. The van der Waals surface area contributed by atoms with Crippen LogP contribution in [0.3, 0.4) is 0 Å². The van der Waals surface area contributed by atoms with Gasteiger partial charge in [0.15, 0.2) is 5.78 Å². The second-order valence-electron chi connectivity index (χ2n) is 5.64. The summed E-state index contributed by atoms with van der Waals surface area (Å²) in [6.45, 7) is 0. The largest absolute Gasteiger partial charge is 0.293 e. The number of rotatable bonds is 5. The van der Waals surface area contributed by atoms with Crippen LogP contribution in [0.25, 0.3) is 6.08 Å². The molecule has 1 aliphatic rings. The maximum absolute atomic E-state index is 12.5. The minimum Gasteiger partial charge on any atom is -0.293 e. The van der Waals surface area contributed by atoms with Gasteiger partial charge in [-0.1, -0.05) is 60.7 Å². The minimum atomic E-state index is -0.473. The van der Waals surface area contributed by atoms with Crippen LogP contribution in [-0.4, -0.2) is 10.9 Å². The lowest BCUT2D eigenvalue weighted by atomic mass is 9.96. The van der Waals surface area contributed by atoms with Gasteiger partial charge in [-0.3, -0.25) is 9.59 Å². The summed E-state index contributed by atoms with van der Waals surface area (Å²) >= 11 is 1.10. The highest BCUT2D eigenvalue weighted by atomic mass is 32.2. The van der Waals surface area contributed by atoms with Gasteiger partial charge in [-0.15, -0.1) is 0 Å². The highest BCUT2D eigenvalue weighted by molar-refractivity contribution is 8.18. The molecule has 1 saturated heterocycles. The van der Waals surface area contributed by atoms with Crippen molar-refractivity contribution in [2.24, 2.45) is 5.92 Å². The highest BCUT2D eigenvalue weighted by Crippen LogP contribution is 2.37. The number of allylic oxidation sites excluding steroid dienone is 1. The Balaban J connectivity index is 1.62. The molecule has 0 saturated carbocycles. The first-order chi connectivity index (χ1) is 11.2. The van der Waals surface area contributed by atoms with Gasteiger partial charge in [0.25, 0.3) is 0 Å². The number of benzene rings is 2. The molecule has 2 aromatic rings. The molecular formula is C20H18O2S. The van der Waals surface area contributed by atoms with Crippen LogP contribution < -0.4 is 0 Å². The Labute approximate surface area is 140 Å². The van der Waals surface area contributed by atoms with Gasteiger partial charge in [0.1, 0.15) is 0 Å². The van der Waals surface area contributed by atoms with E-state index >= 15 is 0 Å². The van der Waals surface area contributed by atoms with Crippen molar-refractivity contribution >= 4 is 28.7 Å². The fraction of sp³-hybridized carbons (Fsp3) is 0.200. The van der Waals surface area contributed by atoms with Gasteiger partial charge in [-0.25, -0.2) is 0 Å². The molecular weight excluding hydrogens is 304 g/mol. The number of hydrogen-bond donors (Lipinski definition) is 0. The van der Waals surface area contributed by atoms with Gasteiger partial charge >= 0.3 is 0 Å². The topological polar surface area (TPSA) is 34.1 Å². The number of carbonyl (C=O) groups excluding carboxylic acids is 2. The molecule has 0 aromatic heterocycles. The SMILES string of the molecule is O=C1SC(=Cc2ccccc2)C(=O)C1CCCc1ccccc1. The van der Waals surface area contributed by atoms with Crippen LogP contribution in [0.4, 0.5) is 0 Å². The maximum atomic E-state index is 12.5. The van der Waals surface area contributed by atoms with Crippen LogP contribution in [0.2, 0.25) is 0 Å². The number of thioether (sulfide) groups is 1. The summed E-state index contributed by atoms with van der Waals surface area (Å²) in [5.41, 5.74) is 2.21. The Morgan fingerprint density at radius 1 is 0.913 bits per heavy atom. The number of aryl methyl sites for hydroxylation is 1. The molecule has 0 amide bonds. The van der Waals surface area contributed by atoms with Crippen LogP contribution in [0.15, 0.2) is 65.6 Å². The van der Waals surface area contributed by atoms with Gasteiger partial charge < -0.3 is 0 Å². The van der Waals surface area contributed by atoms with E-state index in [0.717, 1.165) is 30.2 Å². The first kappa shape index (κ1) is 15.8. The molecule has 3 rings (SSSR count). The molecule has 0 aliphatic carbocycles. The van der Waals surface area contributed by atoms with Crippen molar-refractivity contribution in [2.45, 2.75) is 19.3 Å². The van der Waals surface area contributed by atoms with Gasteiger partial charge in [0.05, 0.1) is 10.8 Å². The van der Waals surface area contributed by atoms with Crippen molar-refractivity contribution in [1.29, 1.82) is 0 Å². The van der Waals surface area contributed by atoms with E-state index in [1.807, 2.05) is 54.6 Å². The Hall–Kier alpha value is -2.13. The smallest absolute Gasteiger partial charge is 0.204 e. The van der Waals surface area contributed by atoms with Crippen LogP contribution in [-0.2, 0) is 16.0 Å². The average molecular weight is 322 g/mol. The number of carbonyl (C=O) groups is 2. The zero-order chi connectivity index (χ0) is 16.1. The standard InChI is InChI=1S/C20H18O2S/c21-19-17(13-7-12-15-8-3-1-4-9-15)20(22)23-18(19)14-16-10-5-2-6-11-16/h1-6,8-11,14,17H,7,12-13H2. The predicted octanol–water partition coefficient (Wildman–Crippen LogP) is 4.51. The molecule has 1 atom stereocenters. The molecule has 2 aromatic carbocycles. The summed E-state index contributed by atoms with van der Waals surface area (Å²) in [5.74, 6) is -0.490. The molecule has 1 fully saturated rings. The van der Waals surface area contributed by atoms with Crippen LogP contribution in [0, 0.1) is 5.92 Å². The maximum Gasteiger partial charge on any atom is 0.204 e. The van der Waals surface area contributed by atoms with E-state index in [9.17, 15) is 9.59 Å². The first-order valence-electron chi connectivity index (χ1n) is 7.80. The third kappa shape index (κ3) is 3.99. The van der Waals surface area contributed by atoms with Crippen molar-refractivity contribution in [1.82, 2.24) is 0 Å². The molecule has 23 heavy (non-hydrogen) atoms. The van der Waals surface area contributed by atoms with E-state index in [2.05, 4.69) is 12.1 Å². The molecule has 0 bridgehead atoms. The Kier molecular flexibility index (Phi) is 5.09. The van der Waals surface area contributed by atoms with E-state index in [1.54, 1.807) is 0 Å². The van der Waals surface area contributed by atoms with Gasteiger partial charge in [0, 0.05) is 0 Å². The molecule has 116 valence electrons. The fourth-order valence-electron chi connectivity index (χ4n) is 2.71. The van der Waals surface area contributed by atoms with E-state index in [4.69, 9.17) is 0 Å². The lowest BCUT2D eigenvalue weighted by molar-refractivity contribution is -0.124. The Morgan fingerprint density at radius 3 is 2.26 bits per heavy atom. The predicted molar refractivity (Wildman–Crippen MR) is 94.9 cm³/mol. The zero-order valence-electron chi connectivity index (χ0n) is 12.8. The fourth-order valence-corrected chi connectivity index (χ4v) is 3.74. The monoisotopic (exact) mass is 322 g/mol. The summed E-state index contributed by atoms with van der Waals surface area (Å²) in [6, 6.07) is 19.8. The van der Waals surface area contributed by atoms with Crippen molar-refractivity contribution in [3.8, 4) is 0 Å². The molecule has 0 N–H and O–H groups in total. The van der Waals surface area contributed by atoms with Gasteiger partial charge in [-0.2, -0.15) is 0 Å².